The molecule has 268 valence electrons. The molecule has 1 aliphatic heterocycles. The van der Waals surface area contributed by atoms with Crippen LogP contribution >= 0.6 is 0 Å². The number of nitrogens with zero attached hydrogens (tertiary/aromatic N) is 2. The van der Waals surface area contributed by atoms with Gasteiger partial charge >= 0.3 is 18.2 Å². The molecular formula is C40H42F3N3O5. The SMILES string of the molecule is CC(C)N(C(=O)N1CCc2ccc(OCc3ccc(C(F)(F)F)cc3)cc2C1C(=O)N[C@@H](Cc1ccc(-c2ccccc2)cc1)C(=O)O)C(C)C. The quantitative estimate of drug-likeness (QED) is 0.166. The van der Waals surface area contributed by atoms with Crippen LogP contribution in [0.4, 0.5) is 18.0 Å². The second-order valence-corrected chi connectivity index (χ2v) is 13.2. The lowest BCUT2D eigenvalue weighted by molar-refractivity contribution is -0.142. The summed E-state index contributed by atoms with van der Waals surface area (Å²) in [5, 5.41) is 12.9. The highest BCUT2D eigenvalue weighted by Gasteiger charge is 2.40. The molecule has 5 rings (SSSR count). The number of hydrogen-bond donors (Lipinski definition) is 2. The maximum Gasteiger partial charge on any atom is 0.416 e. The monoisotopic (exact) mass is 701 g/mol. The van der Waals surface area contributed by atoms with E-state index in [9.17, 15) is 32.7 Å². The average Bonchev–Trinajstić information content (AvgIpc) is 3.09. The Morgan fingerprint density at radius 2 is 1.47 bits per heavy atom. The van der Waals surface area contributed by atoms with Gasteiger partial charge in [0.1, 0.15) is 24.4 Å². The van der Waals surface area contributed by atoms with Crippen molar-refractivity contribution in [2.45, 2.75) is 77.5 Å². The van der Waals surface area contributed by atoms with Crippen molar-refractivity contribution in [3.05, 3.63) is 125 Å². The number of carboxylic acids is 1. The molecule has 2 N–H and O–H groups in total. The van der Waals surface area contributed by atoms with E-state index in [2.05, 4.69) is 5.32 Å². The Morgan fingerprint density at radius 3 is 2.06 bits per heavy atom. The third-order valence-corrected chi connectivity index (χ3v) is 8.98. The molecular weight excluding hydrogens is 659 g/mol. The predicted molar refractivity (Wildman–Crippen MR) is 188 cm³/mol. The van der Waals surface area contributed by atoms with Gasteiger partial charge in [0.2, 0.25) is 5.91 Å². The molecule has 4 aromatic carbocycles. The first-order valence-electron chi connectivity index (χ1n) is 16.9. The molecule has 0 saturated carbocycles. The zero-order chi connectivity index (χ0) is 36.9. The lowest BCUT2D eigenvalue weighted by atomic mass is 9.91. The van der Waals surface area contributed by atoms with Crippen molar-refractivity contribution in [1.29, 1.82) is 0 Å². The van der Waals surface area contributed by atoms with Gasteiger partial charge in [-0.25, -0.2) is 9.59 Å². The predicted octanol–water partition coefficient (Wildman–Crippen LogP) is 7.90. The number of alkyl halides is 3. The number of rotatable bonds is 11. The van der Waals surface area contributed by atoms with Crippen molar-refractivity contribution in [3.8, 4) is 16.9 Å². The number of nitrogens with one attached hydrogen (secondary N) is 1. The minimum absolute atomic E-state index is 0.0179. The van der Waals surface area contributed by atoms with E-state index in [1.807, 2.05) is 82.3 Å². The molecule has 1 heterocycles. The minimum Gasteiger partial charge on any atom is -0.489 e. The lowest BCUT2D eigenvalue weighted by Crippen LogP contribution is -2.56. The van der Waals surface area contributed by atoms with Crippen LogP contribution in [-0.4, -0.2) is 57.5 Å². The number of ether oxygens (including phenoxy) is 1. The van der Waals surface area contributed by atoms with E-state index >= 15 is 0 Å². The molecule has 2 atom stereocenters. The van der Waals surface area contributed by atoms with Gasteiger partial charge in [0, 0.05) is 25.0 Å². The Kier molecular flexibility index (Phi) is 11.4. The Hall–Kier alpha value is -5.32. The molecule has 0 saturated heterocycles. The van der Waals surface area contributed by atoms with Crippen LogP contribution < -0.4 is 10.1 Å². The first-order valence-corrected chi connectivity index (χ1v) is 16.9. The van der Waals surface area contributed by atoms with Gasteiger partial charge in [0.25, 0.3) is 0 Å². The summed E-state index contributed by atoms with van der Waals surface area (Å²) in [5.41, 5.74) is 3.73. The summed E-state index contributed by atoms with van der Waals surface area (Å²) in [5.74, 6) is -1.52. The van der Waals surface area contributed by atoms with Gasteiger partial charge in [0.15, 0.2) is 0 Å². The van der Waals surface area contributed by atoms with Crippen LogP contribution in [0.1, 0.15) is 61.6 Å². The van der Waals surface area contributed by atoms with Crippen LogP contribution in [0.2, 0.25) is 0 Å². The second-order valence-electron chi connectivity index (χ2n) is 13.2. The van der Waals surface area contributed by atoms with Gasteiger partial charge in [0.05, 0.1) is 5.56 Å². The Bertz CT molecular complexity index is 1820. The minimum atomic E-state index is -4.45. The normalized spacial score (nSPS) is 14.9. The summed E-state index contributed by atoms with van der Waals surface area (Å²) in [4.78, 5) is 44.0. The largest absolute Gasteiger partial charge is 0.489 e. The number of halogens is 3. The van der Waals surface area contributed by atoms with Crippen LogP contribution in [0.25, 0.3) is 11.1 Å². The van der Waals surface area contributed by atoms with Crippen molar-refractivity contribution in [1.82, 2.24) is 15.1 Å². The van der Waals surface area contributed by atoms with Gasteiger partial charge in [-0.05, 0) is 91.8 Å². The molecule has 0 spiro atoms. The van der Waals surface area contributed by atoms with E-state index in [1.165, 1.54) is 17.0 Å². The summed E-state index contributed by atoms with van der Waals surface area (Å²) >= 11 is 0. The fraction of sp³-hybridized carbons (Fsp3) is 0.325. The maximum atomic E-state index is 14.3. The standard InChI is InChI=1S/C40H42F3N3O5/c1-25(2)46(26(3)4)39(50)45-21-20-31-16-19-33(51-24-28-12-17-32(18-13-28)40(41,42)43)23-34(31)36(45)37(47)44-35(38(48)49)22-27-10-14-30(15-11-27)29-8-6-5-7-9-29/h5-19,23,25-26,35-36H,20-22,24H2,1-4H3,(H,44,47)(H,48,49)/t35-,36?/m0/s1. The van der Waals surface area contributed by atoms with Gasteiger partial charge in [-0.15, -0.1) is 0 Å². The highest BCUT2D eigenvalue weighted by Crippen LogP contribution is 2.35. The molecule has 8 nitrogen and oxygen atoms in total. The molecule has 11 heteroatoms. The van der Waals surface area contributed by atoms with Gasteiger partial charge in [-0.3, -0.25) is 4.79 Å². The van der Waals surface area contributed by atoms with Crippen LogP contribution in [0.3, 0.4) is 0 Å². The summed E-state index contributed by atoms with van der Waals surface area (Å²) < 4.78 is 45.1. The summed E-state index contributed by atoms with van der Waals surface area (Å²) in [6, 6.07) is 23.9. The first kappa shape index (κ1) is 36.9. The van der Waals surface area contributed by atoms with Crippen molar-refractivity contribution >= 4 is 17.9 Å². The Morgan fingerprint density at radius 1 is 0.863 bits per heavy atom. The number of carbonyl (C=O) groups is 3. The number of benzene rings is 4. The number of amides is 3. The van der Waals surface area contributed by atoms with Gasteiger partial charge in [-0.1, -0.05) is 72.8 Å². The average molecular weight is 702 g/mol. The van der Waals surface area contributed by atoms with Crippen LogP contribution in [0.5, 0.6) is 5.75 Å². The highest BCUT2D eigenvalue weighted by molar-refractivity contribution is 5.92. The van der Waals surface area contributed by atoms with Gasteiger partial charge in [-0.2, -0.15) is 13.2 Å². The number of fused-ring (bicyclic) bond motifs is 1. The Balaban J connectivity index is 1.42. The van der Waals surface area contributed by atoms with Crippen molar-refractivity contribution in [2.24, 2.45) is 0 Å². The van der Waals surface area contributed by atoms with Crippen LogP contribution in [0, 0.1) is 0 Å². The molecule has 3 amide bonds. The molecule has 4 aromatic rings. The van der Waals surface area contributed by atoms with E-state index in [0.29, 0.717) is 28.9 Å². The molecule has 0 fully saturated rings. The zero-order valence-corrected chi connectivity index (χ0v) is 29.0. The topological polar surface area (TPSA) is 99.2 Å². The molecule has 0 aliphatic carbocycles. The summed E-state index contributed by atoms with van der Waals surface area (Å²) in [7, 11) is 0. The highest BCUT2D eigenvalue weighted by atomic mass is 19.4. The smallest absolute Gasteiger partial charge is 0.416 e. The van der Waals surface area contributed by atoms with E-state index in [0.717, 1.165) is 28.8 Å². The lowest BCUT2D eigenvalue weighted by Gasteiger charge is -2.42. The molecule has 1 aliphatic rings. The number of urea groups is 1. The van der Waals surface area contributed by atoms with Crippen molar-refractivity contribution in [3.63, 3.8) is 0 Å². The Labute approximate surface area is 295 Å². The summed E-state index contributed by atoms with van der Waals surface area (Å²) in [6.45, 7) is 7.76. The van der Waals surface area contributed by atoms with Crippen molar-refractivity contribution < 1.29 is 37.4 Å². The first-order chi connectivity index (χ1) is 24.2. The molecule has 0 radical (unpaired) electrons. The van der Waals surface area contributed by atoms with Gasteiger partial charge < -0.3 is 25.0 Å². The summed E-state index contributed by atoms with van der Waals surface area (Å²) in [6.07, 6.45) is -3.99. The van der Waals surface area contributed by atoms with Crippen LogP contribution in [-0.2, 0) is 35.2 Å². The number of hydrogen-bond acceptors (Lipinski definition) is 4. The number of carbonyl (C=O) groups excluding carboxylic acids is 2. The second kappa shape index (κ2) is 15.7. The molecule has 0 aromatic heterocycles. The molecule has 0 bridgehead atoms. The third-order valence-electron chi connectivity index (χ3n) is 8.98. The fourth-order valence-electron chi connectivity index (χ4n) is 6.47. The number of aliphatic carboxylic acids is 1. The maximum absolute atomic E-state index is 14.3. The van der Waals surface area contributed by atoms with E-state index < -0.39 is 35.7 Å². The number of carboxylic acid groups (broad SMARTS) is 1. The third kappa shape index (κ3) is 8.89. The van der Waals surface area contributed by atoms with E-state index in [1.54, 1.807) is 23.1 Å². The van der Waals surface area contributed by atoms with Crippen molar-refractivity contribution in [2.75, 3.05) is 6.54 Å². The fourth-order valence-corrected chi connectivity index (χ4v) is 6.47. The molecule has 51 heavy (non-hydrogen) atoms. The molecule has 1 unspecified atom stereocenters. The van der Waals surface area contributed by atoms with E-state index in [4.69, 9.17) is 4.74 Å². The zero-order valence-electron chi connectivity index (χ0n) is 29.0. The van der Waals surface area contributed by atoms with E-state index in [-0.39, 0.29) is 37.7 Å². The van der Waals surface area contributed by atoms with Crippen LogP contribution in [0.15, 0.2) is 97.1 Å².